The van der Waals surface area contributed by atoms with E-state index in [9.17, 15) is 13.2 Å². The molecule has 0 saturated heterocycles. The Morgan fingerprint density at radius 3 is 2.06 bits per heavy atom. The van der Waals surface area contributed by atoms with E-state index in [1.807, 2.05) is 13.8 Å². The van der Waals surface area contributed by atoms with Crippen molar-refractivity contribution < 1.29 is 13.2 Å². The molecule has 0 radical (unpaired) electrons. The maximum atomic E-state index is 12.9. The van der Waals surface area contributed by atoms with Gasteiger partial charge in [0.15, 0.2) is 17.5 Å². The highest BCUT2D eigenvalue weighted by Gasteiger charge is 2.13. The van der Waals surface area contributed by atoms with Gasteiger partial charge in [0, 0.05) is 6.04 Å². The summed E-state index contributed by atoms with van der Waals surface area (Å²) in [4.78, 5) is 0. The van der Waals surface area contributed by atoms with Crippen molar-refractivity contribution in [3.63, 3.8) is 0 Å². The molecule has 1 unspecified atom stereocenters. The molecular weight excluding hydrogens is 215 g/mol. The van der Waals surface area contributed by atoms with Gasteiger partial charge in [-0.3, -0.25) is 0 Å². The Balaban J connectivity index is 2.74. The second-order valence-corrected chi connectivity index (χ2v) is 4.47. The smallest absolute Gasteiger partial charge is 0.194 e. The Hall–Kier alpha value is -1.03. The van der Waals surface area contributed by atoms with E-state index < -0.39 is 17.5 Å². The Morgan fingerprint density at radius 1 is 1.12 bits per heavy atom. The summed E-state index contributed by atoms with van der Waals surface area (Å²) in [5, 5.41) is 0. The Kier molecular flexibility index (Phi) is 4.35. The second-order valence-electron chi connectivity index (χ2n) is 4.47. The molecular formula is C12H16F3N. The van der Waals surface area contributed by atoms with Gasteiger partial charge < -0.3 is 5.73 Å². The van der Waals surface area contributed by atoms with E-state index in [0.717, 1.165) is 18.6 Å². The van der Waals surface area contributed by atoms with Crippen molar-refractivity contribution in [3.05, 3.63) is 35.1 Å². The molecule has 0 bridgehead atoms. The van der Waals surface area contributed by atoms with Crippen molar-refractivity contribution >= 4 is 0 Å². The molecule has 0 spiro atoms. The Morgan fingerprint density at radius 2 is 1.62 bits per heavy atom. The largest absolute Gasteiger partial charge is 0.327 e. The van der Waals surface area contributed by atoms with Crippen molar-refractivity contribution in [2.75, 3.05) is 0 Å². The minimum atomic E-state index is -1.43. The van der Waals surface area contributed by atoms with Crippen LogP contribution in [-0.2, 0) is 6.42 Å². The number of halogens is 3. The van der Waals surface area contributed by atoms with Crippen LogP contribution in [0, 0.1) is 23.4 Å². The Bertz CT molecular complexity index is 340. The van der Waals surface area contributed by atoms with Gasteiger partial charge in [-0.25, -0.2) is 13.2 Å². The summed E-state index contributed by atoms with van der Waals surface area (Å²) in [6, 6.07) is 1.83. The summed E-state index contributed by atoms with van der Waals surface area (Å²) < 4.78 is 38.5. The molecule has 0 saturated carbocycles. The predicted octanol–water partition coefficient (Wildman–Crippen LogP) is 3.02. The zero-order chi connectivity index (χ0) is 12.3. The van der Waals surface area contributed by atoms with Crippen LogP contribution in [0.15, 0.2) is 12.1 Å². The first-order valence-corrected chi connectivity index (χ1v) is 5.29. The maximum Gasteiger partial charge on any atom is 0.194 e. The van der Waals surface area contributed by atoms with Crippen molar-refractivity contribution in [3.8, 4) is 0 Å². The first kappa shape index (κ1) is 13.0. The van der Waals surface area contributed by atoms with Crippen LogP contribution in [0.3, 0.4) is 0 Å². The van der Waals surface area contributed by atoms with Crippen LogP contribution in [0.2, 0.25) is 0 Å². The molecule has 2 N–H and O–H groups in total. The van der Waals surface area contributed by atoms with Crippen LogP contribution >= 0.6 is 0 Å². The van der Waals surface area contributed by atoms with E-state index >= 15 is 0 Å². The number of nitrogens with two attached hydrogens (primary N) is 1. The lowest BCUT2D eigenvalue weighted by molar-refractivity contribution is 0.442. The molecule has 16 heavy (non-hydrogen) atoms. The van der Waals surface area contributed by atoms with Gasteiger partial charge in [-0.05, 0) is 36.5 Å². The van der Waals surface area contributed by atoms with Gasteiger partial charge in [-0.2, -0.15) is 0 Å². The van der Waals surface area contributed by atoms with Gasteiger partial charge in [0.05, 0.1) is 0 Å². The zero-order valence-electron chi connectivity index (χ0n) is 9.43. The second kappa shape index (κ2) is 5.34. The minimum Gasteiger partial charge on any atom is -0.327 e. The molecule has 4 heteroatoms. The van der Waals surface area contributed by atoms with Gasteiger partial charge in [-0.15, -0.1) is 0 Å². The lowest BCUT2D eigenvalue weighted by atomic mass is 9.98. The summed E-state index contributed by atoms with van der Waals surface area (Å²) >= 11 is 0. The van der Waals surface area contributed by atoms with Crippen LogP contribution in [-0.4, -0.2) is 6.04 Å². The van der Waals surface area contributed by atoms with Crippen molar-refractivity contribution in [2.24, 2.45) is 11.7 Å². The van der Waals surface area contributed by atoms with Gasteiger partial charge in [0.2, 0.25) is 0 Å². The van der Waals surface area contributed by atoms with Gasteiger partial charge in [0.25, 0.3) is 0 Å². The highest BCUT2D eigenvalue weighted by atomic mass is 19.2. The first-order valence-electron chi connectivity index (χ1n) is 5.29. The first-order chi connectivity index (χ1) is 7.40. The van der Waals surface area contributed by atoms with Crippen LogP contribution in [0.4, 0.5) is 13.2 Å². The van der Waals surface area contributed by atoms with Gasteiger partial charge in [-0.1, -0.05) is 13.8 Å². The summed E-state index contributed by atoms with van der Waals surface area (Å²) in [5.41, 5.74) is 6.20. The molecule has 1 nitrogen and oxygen atoms in total. The molecule has 0 aliphatic carbocycles. The van der Waals surface area contributed by atoms with Crippen LogP contribution in [0.1, 0.15) is 25.8 Å². The Labute approximate surface area is 93.5 Å². The van der Waals surface area contributed by atoms with E-state index in [-0.39, 0.29) is 6.04 Å². The van der Waals surface area contributed by atoms with Crippen LogP contribution < -0.4 is 5.73 Å². The molecule has 0 amide bonds. The molecule has 1 aromatic rings. The predicted molar refractivity (Wildman–Crippen MR) is 57.5 cm³/mol. The molecule has 90 valence electrons. The highest BCUT2D eigenvalue weighted by molar-refractivity contribution is 5.20. The standard InChI is InChI=1S/C12H16F3N/c1-7(2)3-9(16)4-8-5-10(13)12(15)11(14)6-8/h5-7,9H,3-4,16H2,1-2H3. The monoisotopic (exact) mass is 231 g/mol. The maximum absolute atomic E-state index is 12.9. The van der Waals surface area contributed by atoms with Gasteiger partial charge >= 0.3 is 0 Å². The third kappa shape index (κ3) is 3.52. The third-order valence-corrected chi connectivity index (χ3v) is 2.32. The zero-order valence-corrected chi connectivity index (χ0v) is 9.43. The van der Waals surface area contributed by atoms with E-state index in [0.29, 0.717) is 17.9 Å². The quantitative estimate of drug-likeness (QED) is 0.792. The molecule has 0 heterocycles. The van der Waals surface area contributed by atoms with Crippen molar-refractivity contribution in [2.45, 2.75) is 32.7 Å². The molecule has 1 aromatic carbocycles. The van der Waals surface area contributed by atoms with E-state index in [4.69, 9.17) is 5.73 Å². The molecule has 1 atom stereocenters. The third-order valence-electron chi connectivity index (χ3n) is 2.32. The molecule has 0 aliphatic heterocycles. The topological polar surface area (TPSA) is 26.0 Å². The minimum absolute atomic E-state index is 0.163. The van der Waals surface area contributed by atoms with Crippen molar-refractivity contribution in [1.29, 1.82) is 0 Å². The van der Waals surface area contributed by atoms with E-state index in [1.54, 1.807) is 0 Å². The summed E-state index contributed by atoms with van der Waals surface area (Å²) in [6.45, 7) is 4.04. The lowest BCUT2D eigenvalue weighted by Gasteiger charge is -2.14. The summed E-state index contributed by atoms with van der Waals surface area (Å²) in [6.07, 6.45) is 1.12. The fraction of sp³-hybridized carbons (Fsp3) is 0.500. The summed E-state index contributed by atoms with van der Waals surface area (Å²) in [7, 11) is 0. The average molecular weight is 231 g/mol. The fourth-order valence-corrected chi connectivity index (χ4v) is 1.72. The van der Waals surface area contributed by atoms with Crippen LogP contribution in [0.25, 0.3) is 0 Å². The van der Waals surface area contributed by atoms with Crippen LogP contribution in [0.5, 0.6) is 0 Å². The SMILES string of the molecule is CC(C)CC(N)Cc1cc(F)c(F)c(F)c1. The van der Waals surface area contributed by atoms with Crippen molar-refractivity contribution in [1.82, 2.24) is 0 Å². The highest BCUT2D eigenvalue weighted by Crippen LogP contribution is 2.16. The number of benzene rings is 1. The molecule has 0 fully saturated rings. The number of hydrogen-bond donors (Lipinski definition) is 1. The molecule has 0 aliphatic rings. The average Bonchev–Trinajstić information content (AvgIpc) is 2.12. The normalized spacial score (nSPS) is 13.2. The lowest BCUT2D eigenvalue weighted by Crippen LogP contribution is -2.24. The van der Waals surface area contributed by atoms with Gasteiger partial charge in [0.1, 0.15) is 0 Å². The number of rotatable bonds is 4. The molecule has 1 rings (SSSR count). The van der Waals surface area contributed by atoms with E-state index in [2.05, 4.69) is 0 Å². The number of hydrogen-bond acceptors (Lipinski definition) is 1. The summed E-state index contributed by atoms with van der Waals surface area (Å²) in [5.74, 6) is -3.33. The molecule has 0 aromatic heterocycles. The van der Waals surface area contributed by atoms with E-state index in [1.165, 1.54) is 0 Å². The fourth-order valence-electron chi connectivity index (χ4n) is 1.72.